The first-order valence-corrected chi connectivity index (χ1v) is 5.33. The first kappa shape index (κ1) is 12.7. The van der Waals surface area contributed by atoms with E-state index in [1.165, 1.54) is 12.8 Å². The van der Waals surface area contributed by atoms with E-state index in [1.807, 2.05) is 6.08 Å². The number of aliphatic hydroxyl groups excluding tert-OH is 1. The van der Waals surface area contributed by atoms with Gasteiger partial charge in [-0.05, 0) is 11.8 Å². The Hall–Kier alpha value is -0.300. The standard InChI is InChI=1S/C12H24O/c1-5-6-7-8-11(13)9-10-12(2,3)4/h9-11,13H,5-8H2,1-4H3/b10-9+. The van der Waals surface area contributed by atoms with Crippen molar-refractivity contribution >= 4 is 0 Å². The van der Waals surface area contributed by atoms with Crippen LogP contribution in [-0.2, 0) is 0 Å². The number of rotatable bonds is 5. The van der Waals surface area contributed by atoms with E-state index in [0.29, 0.717) is 0 Å². The molecule has 0 aliphatic rings. The molecule has 0 aliphatic heterocycles. The molecule has 0 aromatic heterocycles. The van der Waals surface area contributed by atoms with Crippen LogP contribution in [0.4, 0.5) is 0 Å². The molecule has 0 amide bonds. The van der Waals surface area contributed by atoms with Crippen molar-refractivity contribution in [2.45, 2.75) is 59.5 Å². The van der Waals surface area contributed by atoms with Gasteiger partial charge in [-0.15, -0.1) is 0 Å². The Morgan fingerprint density at radius 1 is 1.23 bits per heavy atom. The molecule has 1 nitrogen and oxygen atoms in total. The van der Waals surface area contributed by atoms with Crippen molar-refractivity contribution < 1.29 is 5.11 Å². The van der Waals surface area contributed by atoms with E-state index in [2.05, 4.69) is 33.8 Å². The molecule has 0 bridgehead atoms. The minimum atomic E-state index is -0.245. The van der Waals surface area contributed by atoms with E-state index in [4.69, 9.17) is 0 Å². The Kier molecular flexibility index (Phi) is 6.06. The summed E-state index contributed by atoms with van der Waals surface area (Å²) in [6.07, 6.45) is 8.24. The molecule has 1 N–H and O–H groups in total. The molecule has 1 heteroatoms. The lowest BCUT2D eigenvalue weighted by atomic mass is 9.95. The van der Waals surface area contributed by atoms with E-state index in [1.54, 1.807) is 0 Å². The Labute approximate surface area is 82.9 Å². The van der Waals surface area contributed by atoms with Crippen molar-refractivity contribution in [1.82, 2.24) is 0 Å². The first-order valence-electron chi connectivity index (χ1n) is 5.33. The highest BCUT2D eigenvalue weighted by Gasteiger charge is 2.05. The third-order valence-electron chi connectivity index (χ3n) is 1.92. The van der Waals surface area contributed by atoms with Crippen molar-refractivity contribution in [3.8, 4) is 0 Å². The minimum Gasteiger partial charge on any atom is -0.389 e. The van der Waals surface area contributed by atoms with Crippen LogP contribution < -0.4 is 0 Å². The lowest BCUT2D eigenvalue weighted by Gasteiger charge is -2.13. The number of unbranched alkanes of at least 4 members (excludes halogenated alkanes) is 2. The molecule has 0 rings (SSSR count). The molecule has 0 heterocycles. The molecule has 1 atom stereocenters. The van der Waals surface area contributed by atoms with Crippen molar-refractivity contribution in [3.05, 3.63) is 12.2 Å². The fourth-order valence-corrected chi connectivity index (χ4v) is 1.10. The van der Waals surface area contributed by atoms with Gasteiger partial charge in [0.1, 0.15) is 0 Å². The predicted octanol–water partition coefficient (Wildman–Crippen LogP) is 3.53. The summed E-state index contributed by atoms with van der Waals surface area (Å²) in [5.74, 6) is 0. The van der Waals surface area contributed by atoms with Gasteiger partial charge in [0.25, 0.3) is 0 Å². The molecule has 0 radical (unpaired) electrons. The summed E-state index contributed by atoms with van der Waals surface area (Å²) in [6, 6.07) is 0. The Bertz CT molecular complexity index is 142. The van der Waals surface area contributed by atoms with Crippen LogP contribution in [0.2, 0.25) is 0 Å². The number of aliphatic hydroxyl groups is 1. The SMILES string of the molecule is CCCCCC(O)/C=C/C(C)(C)C. The van der Waals surface area contributed by atoms with Gasteiger partial charge < -0.3 is 5.11 Å². The molecule has 0 fully saturated rings. The summed E-state index contributed by atoms with van der Waals surface area (Å²) in [6.45, 7) is 8.60. The molecule has 0 aromatic rings. The average Bonchev–Trinajstić information content (AvgIpc) is 2.00. The fourth-order valence-electron chi connectivity index (χ4n) is 1.10. The van der Waals surface area contributed by atoms with Crippen molar-refractivity contribution in [2.75, 3.05) is 0 Å². The number of allylic oxidation sites excluding steroid dienone is 1. The highest BCUT2D eigenvalue weighted by molar-refractivity contribution is 4.96. The summed E-state index contributed by atoms with van der Waals surface area (Å²) in [5, 5.41) is 9.55. The van der Waals surface area contributed by atoms with Crippen molar-refractivity contribution in [2.24, 2.45) is 5.41 Å². The van der Waals surface area contributed by atoms with Gasteiger partial charge in [0, 0.05) is 0 Å². The fraction of sp³-hybridized carbons (Fsp3) is 0.833. The normalized spacial score (nSPS) is 15.2. The molecule has 0 aromatic carbocycles. The summed E-state index contributed by atoms with van der Waals surface area (Å²) in [4.78, 5) is 0. The van der Waals surface area contributed by atoms with Crippen LogP contribution in [0, 0.1) is 5.41 Å². The van der Waals surface area contributed by atoms with Gasteiger partial charge in [-0.2, -0.15) is 0 Å². The van der Waals surface area contributed by atoms with Crippen LogP contribution in [-0.4, -0.2) is 11.2 Å². The largest absolute Gasteiger partial charge is 0.389 e. The van der Waals surface area contributed by atoms with Crippen LogP contribution in [0.1, 0.15) is 53.4 Å². The highest BCUT2D eigenvalue weighted by Crippen LogP contribution is 2.15. The van der Waals surface area contributed by atoms with Crippen LogP contribution in [0.5, 0.6) is 0 Å². The van der Waals surface area contributed by atoms with Crippen LogP contribution in [0.3, 0.4) is 0 Å². The van der Waals surface area contributed by atoms with Gasteiger partial charge in [0.2, 0.25) is 0 Å². The Morgan fingerprint density at radius 3 is 2.31 bits per heavy atom. The molecule has 0 aliphatic carbocycles. The summed E-state index contributed by atoms with van der Waals surface area (Å²) < 4.78 is 0. The third kappa shape index (κ3) is 9.62. The maximum absolute atomic E-state index is 9.55. The van der Waals surface area contributed by atoms with Crippen LogP contribution in [0.15, 0.2) is 12.2 Å². The van der Waals surface area contributed by atoms with E-state index >= 15 is 0 Å². The molecule has 13 heavy (non-hydrogen) atoms. The van der Waals surface area contributed by atoms with Crippen LogP contribution >= 0.6 is 0 Å². The molecule has 0 saturated carbocycles. The Balaban J connectivity index is 3.61. The maximum Gasteiger partial charge on any atom is 0.0721 e. The molecule has 1 unspecified atom stereocenters. The maximum atomic E-state index is 9.55. The van der Waals surface area contributed by atoms with Crippen molar-refractivity contribution in [1.29, 1.82) is 0 Å². The lowest BCUT2D eigenvalue weighted by molar-refractivity contribution is 0.207. The second kappa shape index (κ2) is 6.20. The third-order valence-corrected chi connectivity index (χ3v) is 1.92. The second-order valence-corrected chi connectivity index (χ2v) is 4.79. The zero-order valence-corrected chi connectivity index (χ0v) is 9.51. The second-order valence-electron chi connectivity index (χ2n) is 4.79. The van der Waals surface area contributed by atoms with E-state index in [0.717, 1.165) is 12.8 Å². The van der Waals surface area contributed by atoms with Gasteiger partial charge >= 0.3 is 0 Å². The van der Waals surface area contributed by atoms with Gasteiger partial charge in [-0.25, -0.2) is 0 Å². The van der Waals surface area contributed by atoms with Gasteiger partial charge in [-0.3, -0.25) is 0 Å². The lowest BCUT2D eigenvalue weighted by Crippen LogP contribution is -2.05. The Morgan fingerprint density at radius 2 is 1.85 bits per heavy atom. The molecular formula is C12H24O. The monoisotopic (exact) mass is 184 g/mol. The van der Waals surface area contributed by atoms with Gasteiger partial charge in [0.15, 0.2) is 0 Å². The summed E-state index contributed by atoms with van der Waals surface area (Å²) >= 11 is 0. The van der Waals surface area contributed by atoms with Gasteiger partial charge in [0.05, 0.1) is 6.10 Å². The summed E-state index contributed by atoms with van der Waals surface area (Å²) in [7, 11) is 0. The molecular weight excluding hydrogens is 160 g/mol. The predicted molar refractivity (Wildman–Crippen MR) is 58.7 cm³/mol. The van der Waals surface area contributed by atoms with E-state index < -0.39 is 0 Å². The minimum absolute atomic E-state index is 0.186. The number of hydrogen-bond acceptors (Lipinski definition) is 1. The quantitative estimate of drug-likeness (QED) is 0.512. The van der Waals surface area contributed by atoms with E-state index in [9.17, 15) is 5.11 Å². The van der Waals surface area contributed by atoms with E-state index in [-0.39, 0.29) is 11.5 Å². The molecule has 78 valence electrons. The molecule has 0 saturated heterocycles. The molecule has 0 spiro atoms. The smallest absolute Gasteiger partial charge is 0.0721 e. The summed E-state index contributed by atoms with van der Waals surface area (Å²) in [5.41, 5.74) is 0.186. The highest BCUT2D eigenvalue weighted by atomic mass is 16.3. The van der Waals surface area contributed by atoms with Crippen molar-refractivity contribution in [3.63, 3.8) is 0 Å². The van der Waals surface area contributed by atoms with Gasteiger partial charge in [-0.1, -0.05) is 59.1 Å². The zero-order valence-electron chi connectivity index (χ0n) is 9.51. The first-order chi connectivity index (χ1) is 5.95. The topological polar surface area (TPSA) is 20.2 Å². The van der Waals surface area contributed by atoms with Crippen LogP contribution in [0.25, 0.3) is 0 Å². The average molecular weight is 184 g/mol. The zero-order chi connectivity index (χ0) is 10.3. The number of hydrogen-bond donors (Lipinski definition) is 1.